The van der Waals surface area contributed by atoms with Crippen LogP contribution in [0, 0.1) is 0 Å². The first kappa shape index (κ1) is 19.5. The van der Waals surface area contributed by atoms with Gasteiger partial charge in [-0.3, -0.25) is 9.69 Å². The van der Waals surface area contributed by atoms with Gasteiger partial charge in [0.25, 0.3) is 0 Å². The number of nitrogens with zero attached hydrogens (tertiary/aromatic N) is 1. The summed E-state index contributed by atoms with van der Waals surface area (Å²) < 4.78 is 10.5. The van der Waals surface area contributed by atoms with Gasteiger partial charge < -0.3 is 14.8 Å². The van der Waals surface area contributed by atoms with E-state index in [1.165, 1.54) is 10.4 Å². The molecule has 1 atom stereocenters. The Labute approximate surface area is 164 Å². The zero-order chi connectivity index (χ0) is 19.2. The van der Waals surface area contributed by atoms with Gasteiger partial charge in [0.1, 0.15) is 11.5 Å². The lowest BCUT2D eigenvalue weighted by molar-refractivity contribution is -0.116. The van der Waals surface area contributed by atoms with E-state index in [9.17, 15) is 4.79 Å². The molecule has 1 amide bonds. The maximum Gasteiger partial charge on any atom is 0.244 e. The van der Waals surface area contributed by atoms with Crippen molar-refractivity contribution in [2.75, 3.05) is 27.3 Å². The standard InChI is InChI=1S/C21H26N2O3S/c1-15(23-10-8-20-17(14-23)9-11-27-20)13-22-21(24)7-5-16-4-6-18(25-2)12-19(16)26-3/h4-7,9,11-12,15H,8,10,13-14H2,1-3H3,(H,22,24)/b7-5+. The van der Waals surface area contributed by atoms with Gasteiger partial charge in [0.05, 0.1) is 14.2 Å². The van der Waals surface area contributed by atoms with E-state index in [1.807, 2.05) is 23.5 Å². The molecule has 0 saturated heterocycles. The summed E-state index contributed by atoms with van der Waals surface area (Å²) in [7, 11) is 3.21. The Hall–Kier alpha value is -2.31. The summed E-state index contributed by atoms with van der Waals surface area (Å²) in [5.41, 5.74) is 2.26. The average molecular weight is 387 g/mol. The lowest BCUT2D eigenvalue weighted by atomic mass is 10.1. The summed E-state index contributed by atoms with van der Waals surface area (Å²) >= 11 is 1.84. The van der Waals surface area contributed by atoms with E-state index < -0.39 is 0 Å². The number of ether oxygens (including phenoxy) is 2. The van der Waals surface area contributed by atoms with E-state index in [1.54, 1.807) is 32.4 Å². The van der Waals surface area contributed by atoms with Gasteiger partial charge >= 0.3 is 0 Å². The van der Waals surface area contributed by atoms with Gasteiger partial charge in [-0.25, -0.2) is 0 Å². The van der Waals surface area contributed by atoms with Crippen molar-refractivity contribution < 1.29 is 14.3 Å². The van der Waals surface area contributed by atoms with Crippen LogP contribution in [0.1, 0.15) is 22.9 Å². The highest BCUT2D eigenvalue weighted by Crippen LogP contribution is 2.26. The molecule has 144 valence electrons. The van der Waals surface area contributed by atoms with Crippen LogP contribution in [0.4, 0.5) is 0 Å². The van der Waals surface area contributed by atoms with E-state index in [4.69, 9.17) is 9.47 Å². The average Bonchev–Trinajstić information content (AvgIpc) is 3.18. The fraction of sp³-hybridized carbons (Fsp3) is 0.381. The Morgan fingerprint density at radius 3 is 2.96 bits per heavy atom. The van der Waals surface area contributed by atoms with Crippen LogP contribution in [0.25, 0.3) is 6.08 Å². The molecule has 0 saturated carbocycles. The van der Waals surface area contributed by atoms with Gasteiger partial charge in [-0.2, -0.15) is 0 Å². The second kappa shape index (κ2) is 9.06. The van der Waals surface area contributed by atoms with E-state index in [2.05, 4.69) is 28.6 Å². The summed E-state index contributed by atoms with van der Waals surface area (Å²) in [6, 6.07) is 8.02. The molecule has 0 aliphatic carbocycles. The first-order valence-electron chi connectivity index (χ1n) is 9.08. The van der Waals surface area contributed by atoms with Gasteiger partial charge in [0, 0.05) is 48.3 Å². The van der Waals surface area contributed by atoms with Crippen LogP contribution in [-0.2, 0) is 17.8 Å². The fourth-order valence-electron chi connectivity index (χ4n) is 3.20. The van der Waals surface area contributed by atoms with Crippen molar-refractivity contribution in [3.8, 4) is 11.5 Å². The van der Waals surface area contributed by atoms with Gasteiger partial charge in [0.2, 0.25) is 5.91 Å². The predicted molar refractivity (Wildman–Crippen MR) is 109 cm³/mol. The Morgan fingerprint density at radius 2 is 2.19 bits per heavy atom. The number of amides is 1. The summed E-state index contributed by atoms with van der Waals surface area (Å²) in [5.74, 6) is 1.29. The smallest absolute Gasteiger partial charge is 0.244 e. The number of carbonyl (C=O) groups is 1. The molecule has 0 radical (unpaired) electrons. The number of methoxy groups -OCH3 is 2. The molecule has 1 N–H and O–H groups in total. The van der Waals surface area contributed by atoms with Crippen molar-refractivity contribution >= 4 is 23.3 Å². The maximum atomic E-state index is 12.2. The number of fused-ring (bicyclic) bond motifs is 1. The number of nitrogens with one attached hydrogen (secondary N) is 1. The third kappa shape index (κ3) is 4.90. The van der Waals surface area contributed by atoms with E-state index >= 15 is 0 Å². The summed E-state index contributed by atoms with van der Waals surface area (Å²) in [5, 5.41) is 5.16. The van der Waals surface area contributed by atoms with Crippen molar-refractivity contribution in [1.82, 2.24) is 10.2 Å². The third-order valence-electron chi connectivity index (χ3n) is 4.89. The summed E-state index contributed by atoms with van der Waals surface area (Å²) in [4.78, 5) is 16.1. The van der Waals surface area contributed by atoms with Crippen LogP contribution in [0.15, 0.2) is 35.7 Å². The SMILES string of the molecule is COc1ccc(/C=C/C(=O)NCC(C)N2CCc3sccc3C2)c(OC)c1. The van der Waals surface area contributed by atoms with E-state index in [-0.39, 0.29) is 5.91 Å². The molecule has 1 aromatic carbocycles. The number of rotatable bonds is 7. The Kier molecular flexibility index (Phi) is 6.53. The van der Waals surface area contributed by atoms with Crippen LogP contribution in [0.3, 0.4) is 0 Å². The molecule has 2 heterocycles. The van der Waals surface area contributed by atoms with E-state index in [0.717, 1.165) is 30.8 Å². The van der Waals surface area contributed by atoms with Crippen LogP contribution >= 0.6 is 11.3 Å². The third-order valence-corrected chi connectivity index (χ3v) is 5.91. The molecule has 1 aliphatic heterocycles. The zero-order valence-corrected chi connectivity index (χ0v) is 16.8. The Morgan fingerprint density at radius 1 is 1.33 bits per heavy atom. The predicted octanol–water partition coefficient (Wildman–Crippen LogP) is 3.34. The molecule has 6 heteroatoms. The Balaban J connectivity index is 1.51. The first-order valence-corrected chi connectivity index (χ1v) is 9.96. The minimum absolute atomic E-state index is 0.104. The molecule has 3 rings (SSSR count). The van der Waals surface area contributed by atoms with Gasteiger partial charge in [-0.15, -0.1) is 11.3 Å². The number of benzene rings is 1. The van der Waals surface area contributed by atoms with E-state index in [0.29, 0.717) is 18.3 Å². The normalized spacial score (nSPS) is 15.4. The Bertz CT molecular complexity index is 816. The number of hydrogen-bond donors (Lipinski definition) is 1. The second-order valence-corrected chi connectivity index (χ2v) is 7.63. The molecule has 1 aromatic heterocycles. The van der Waals surface area contributed by atoms with Gasteiger partial charge in [-0.05, 0) is 48.6 Å². The second-order valence-electron chi connectivity index (χ2n) is 6.62. The molecule has 2 aromatic rings. The molecular formula is C21H26N2O3S. The lowest BCUT2D eigenvalue weighted by Crippen LogP contribution is -2.43. The molecule has 27 heavy (non-hydrogen) atoms. The minimum atomic E-state index is -0.104. The molecule has 1 aliphatic rings. The molecular weight excluding hydrogens is 360 g/mol. The monoisotopic (exact) mass is 386 g/mol. The fourth-order valence-corrected chi connectivity index (χ4v) is 4.09. The molecule has 0 fully saturated rings. The quantitative estimate of drug-likeness (QED) is 0.742. The van der Waals surface area contributed by atoms with Crippen LogP contribution < -0.4 is 14.8 Å². The molecule has 1 unspecified atom stereocenters. The van der Waals surface area contributed by atoms with Crippen LogP contribution in [0.2, 0.25) is 0 Å². The van der Waals surface area contributed by atoms with Gasteiger partial charge in [-0.1, -0.05) is 0 Å². The highest BCUT2D eigenvalue weighted by Gasteiger charge is 2.21. The van der Waals surface area contributed by atoms with Crippen molar-refractivity contribution in [3.05, 3.63) is 51.7 Å². The summed E-state index contributed by atoms with van der Waals surface area (Å²) in [6.45, 7) is 4.80. The highest BCUT2D eigenvalue weighted by molar-refractivity contribution is 7.10. The van der Waals surface area contributed by atoms with Crippen molar-refractivity contribution in [3.63, 3.8) is 0 Å². The van der Waals surface area contributed by atoms with Crippen molar-refractivity contribution in [2.24, 2.45) is 0 Å². The number of carbonyl (C=O) groups excluding carboxylic acids is 1. The minimum Gasteiger partial charge on any atom is -0.497 e. The number of hydrogen-bond acceptors (Lipinski definition) is 5. The molecule has 0 bridgehead atoms. The zero-order valence-electron chi connectivity index (χ0n) is 16.0. The lowest BCUT2D eigenvalue weighted by Gasteiger charge is -2.32. The first-order chi connectivity index (χ1) is 13.1. The highest BCUT2D eigenvalue weighted by atomic mass is 32.1. The van der Waals surface area contributed by atoms with Crippen molar-refractivity contribution in [2.45, 2.75) is 25.9 Å². The maximum absolute atomic E-state index is 12.2. The van der Waals surface area contributed by atoms with Gasteiger partial charge in [0.15, 0.2) is 0 Å². The van der Waals surface area contributed by atoms with Crippen molar-refractivity contribution in [1.29, 1.82) is 0 Å². The summed E-state index contributed by atoms with van der Waals surface area (Å²) in [6.07, 6.45) is 4.41. The van der Waals surface area contributed by atoms with Crippen LogP contribution in [0.5, 0.6) is 11.5 Å². The topological polar surface area (TPSA) is 50.8 Å². The number of thiophene rings is 1. The largest absolute Gasteiger partial charge is 0.497 e. The van der Waals surface area contributed by atoms with Crippen LogP contribution in [-0.4, -0.2) is 44.2 Å². The molecule has 0 spiro atoms. The molecule has 5 nitrogen and oxygen atoms in total.